The second-order valence-corrected chi connectivity index (χ2v) is 11.4. The minimum Gasteiger partial charge on any atom is -0.481 e. The summed E-state index contributed by atoms with van der Waals surface area (Å²) in [5, 5.41) is 11.8. The molecule has 1 aromatic carbocycles. The van der Waals surface area contributed by atoms with Gasteiger partial charge in [0, 0.05) is 44.6 Å². The van der Waals surface area contributed by atoms with E-state index in [-0.39, 0.29) is 36.5 Å². The lowest BCUT2D eigenvalue weighted by atomic mass is 9.84. The van der Waals surface area contributed by atoms with Crippen LogP contribution in [0.25, 0.3) is 0 Å². The van der Waals surface area contributed by atoms with Crippen LogP contribution in [0.2, 0.25) is 0 Å². The number of aliphatic carboxylic acids is 1. The van der Waals surface area contributed by atoms with Crippen molar-refractivity contribution in [1.29, 1.82) is 0 Å². The first-order chi connectivity index (χ1) is 18.1. The maximum Gasteiger partial charge on any atom is 0.308 e. The molecule has 0 bridgehead atoms. The van der Waals surface area contributed by atoms with Crippen LogP contribution >= 0.6 is 0 Å². The fourth-order valence-corrected chi connectivity index (χ4v) is 5.93. The van der Waals surface area contributed by atoms with E-state index in [9.17, 15) is 19.5 Å². The number of carbonyl (C=O) groups excluding carboxylic acids is 2. The van der Waals surface area contributed by atoms with Crippen molar-refractivity contribution in [3.8, 4) is 11.5 Å². The molecule has 0 aliphatic carbocycles. The number of ether oxygens (including phenoxy) is 2. The van der Waals surface area contributed by atoms with Gasteiger partial charge in [-0.25, -0.2) is 5.06 Å². The van der Waals surface area contributed by atoms with Crippen molar-refractivity contribution in [2.45, 2.75) is 65.3 Å². The lowest BCUT2D eigenvalue weighted by molar-refractivity contribution is -0.188. The van der Waals surface area contributed by atoms with Gasteiger partial charge in [-0.2, -0.15) is 0 Å². The normalized spacial score (nSPS) is 24.3. The van der Waals surface area contributed by atoms with Crippen molar-refractivity contribution in [2.24, 2.45) is 11.3 Å². The summed E-state index contributed by atoms with van der Waals surface area (Å²) in [6.45, 7) is 10.7. The SMILES string of the molecule is CCCON(CCC)C(=O)CN1CC(c2ccc3c(c2)OCO3)C(C(=O)O)C1CCN1CC(C)(C)CC1=O. The average molecular weight is 532 g/mol. The number of rotatable bonds is 12. The van der Waals surface area contributed by atoms with Gasteiger partial charge in [0.25, 0.3) is 5.91 Å². The zero-order valence-electron chi connectivity index (χ0n) is 23.0. The van der Waals surface area contributed by atoms with E-state index in [4.69, 9.17) is 14.3 Å². The number of hydroxylamine groups is 2. The first-order valence-electron chi connectivity index (χ1n) is 13.7. The maximum atomic E-state index is 13.3. The Morgan fingerprint density at radius 3 is 2.61 bits per heavy atom. The van der Waals surface area contributed by atoms with Crippen molar-refractivity contribution in [2.75, 3.05) is 46.1 Å². The van der Waals surface area contributed by atoms with Gasteiger partial charge >= 0.3 is 5.97 Å². The topological polar surface area (TPSA) is 109 Å². The Morgan fingerprint density at radius 2 is 1.95 bits per heavy atom. The van der Waals surface area contributed by atoms with Crippen LogP contribution < -0.4 is 9.47 Å². The third-order valence-corrected chi connectivity index (χ3v) is 7.65. The zero-order valence-corrected chi connectivity index (χ0v) is 23.0. The fraction of sp³-hybridized carbons (Fsp3) is 0.679. The molecular weight excluding hydrogens is 490 g/mol. The molecule has 2 fully saturated rings. The lowest BCUT2D eigenvalue weighted by Gasteiger charge is -2.30. The van der Waals surface area contributed by atoms with Gasteiger partial charge in [0.2, 0.25) is 12.7 Å². The van der Waals surface area contributed by atoms with E-state index in [1.54, 1.807) is 0 Å². The summed E-state index contributed by atoms with van der Waals surface area (Å²) in [5.74, 6) is -0.846. The number of amides is 2. The molecule has 0 spiro atoms. The number of carboxylic acid groups (broad SMARTS) is 1. The summed E-state index contributed by atoms with van der Waals surface area (Å²) < 4.78 is 11.0. The molecule has 38 heavy (non-hydrogen) atoms. The molecule has 10 heteroatoms. The monoisotopic (exact) mass is 531 g/mol. The number of carbonyl (C=O) groups is 3. The molecule has 210 valence electrons. The molecule has 10 nitrogen and oxygen atoms in total. The summed E-state index contributed by atoms with van der Waals surface area (Å²) in [6, 6.07) is 5.13. The Hall–Kier alpha value is -2.85. The number of hydrogen-bond donors (Lipinski definition) is 1. The van der Waals surface area contributed by atoms with E-state index < -0.39 is 17.9 Å². The molecule has 4 rings (SSSR count). The predicted octanol–water partition coefficient (Wildman–Crippen LogP) is 3.11. The minimum atomic E-state index is -0.909. The Morgan fingerprint density at radius 1 is 1.18 bits per heavy atom. The molecule has 1 N–H and O–H groups in total. The Balaban J connectivity index is 1.58. The van der Waals surface area contributed by atoms with Crippen LogP contribution in [0.15, 0.2) is 18.2 Å². The van der Waals surface area contributed by atoms with Crippen molar-refractivity contribution >= 4 is 17.8 Å². The van der Waals surface area contributed by atoms with Gasteiger partial charge in [0.05, 0.1) is 19.1 Å². The van der Waals surface area contributed by atoms with E-state index in [1.165, 1.54) is 5.06 Å². The van der Waals surface area contributed by atoms with Crippen LogP contribution in [0.4, 0.5) is 0 Å². The molecule has 3 aliphatic heterocycles. The standard InChI is InChI=1S/C28H41N3O7/c1-5-10-31(38-12-6-2)25(33)16-30-15-20(19-7-8-22-23(13-19)37-18-36-22)26(27(34)35)21(30)9-11-29-17-28(3,4)14-24(29)32/h7-8,13,20-21,26H,5-6,9-12,14-18H2,1-4H3,(H,34,35). The molecular formula is C28H41N3O7. The summed E-state index contributed by atoms with van der Waals surface area (Å²) in [6.07, 6.45) is 2.50. The number of carboxylic acids is 1. The summed E-state index contributed by atoms with van der Waals surface area (Å²) >= 11 is 0. The van der Waals surface area contributed by atoms with Gasteiger partial charge in [-0.3, -0.25) is 24.1 Å². The minimum absolute atomic E-state index is 0.0542. The van der Waals surface area contributed by atoms with Crippen LogP contribution in [0, 0.1) is 11.3 Å². The highest BCUT2D eigenvalue weighted by Crippen LogP contribution is 2.43. The van der Waals surface area contributed by atoms with E-state index in [0.29, 0.717) is 57.1 Å². The Labute approximate surface area is 224 Å². The summed E-state index contributed by atoms with van der Waals surface area (Å²) in [4.78, 5) is 48.2. The van der Waals surface area contributed by atoms with Crippen molar-refractivity contribution in [1.82, 2.24) is 14.9 Å². The van der Waals surface area contributed by atoms with Gasteiger partial charge in [-0.1, -0.05) is 33.8 Å². The van der Waals surface area contributed by atoms with Gasteiger partial charge in [-0.15, -0.1) is 0 Å². The number of benzene rings is 1. The second-order valence-electron chi connectivity index (χ2n) is 11.4. The van der Waals surface area contributed by atoms with E-state index >= 15 is 0 Å². The zero-order chi connectivity index (χ0) is 27.4. The van der Waals surface area contributed by atoms with Gasteiger partial charge in [0.15, 0.2) is 11.5 Å². The maximum absolute atomic E-state index is 13.3. The second kappa shape index (κ2) is 11.9. The lowest BCUT2D eigenvalue weighted by Crippen LogP contribution is -2.45. The molecule has 1 aromatic rings. The smallest absolute Gasteiger partial charge is 0.308 e. The van der Waals surface area contributed by atoms with Crippen molar-refractivity contribution in [3.63, 3.8) is 0 Å². The molecule has 0 saturated carbocycles. The molecule has 3 heterocycles. The molecule has 3 atom stereocenters. The van der Waals surface area contributed by atoms with Gasteiger partial charge in [0.1, 0.15) is 0 Å². The Bertz CT molecular complexity index is 1030. The number of fused-ring (bicyclic) bond motifs is 1. The Kier molecular flexibility index (Phi) is 8.82. The first-order valence-corrected chi connectivity index (χ1v) is 13.7. The van der Waals surface area contributed by atoms with Crippen LogP contribution in [-0.4, -0.2) is 89.9 Å². The average Bonchev–Trinajstić information content (AvgIpc) is 3.54. The molecule has 0 radical (unpaired) electrons. The van der Waals surface area contributed by atoms with Crippen molar-refractivity contribution in [3.05, 3.63) is 23.8 Å². The highest BCUT2D eigenvalue weighted by Gasteiger charge is 2.48. The third kappa shape index (κ3) is 6.23. The molecule has 0 aromatic heterocycles. The fourth-order valence-electron chi connectivity index (χ4n) is 5.93. The van der Waals surface area contributed by atoms with Crippen LogP contribution in [0.1, 0.15) is 64.9 Å². The molecule has 2 saturated heterocycles. The largest absolute Gasteiger partial charge is 0.481 e. The van der Waals surface area contributed by atoms with E-state index in [2.05, 4.69) is 13.8 Å². The molecule has 2 amide bonds. The van der Waals surface area contributed by atoms with Gasteiger partial charge in [-0.05, 0) is 42.4 Å². The van der Waals surface area contributed by atoms with Crippen LogP contribution in [0.5, 0.6) is 11.5 Å². The molecule has 3 unspecified atom stereocenters. The van der Waals surface area contributed by atoms with Crippen LogP contribution in [-0.2, 0) is 19.2 Å². The predicted molar refractivity (Wildman–Crippen MR) is 140 cm³/mol. The van der Waals surface area contributed by atoms with E-state index in [1.807, 2.05) is 41.8 Å². The first kappa shape index (κ1) is 28.2. The van der Waals surface area contributed by atoms with E-state index in [0.717, 1.165) is 18.4 Å². The third-order valence-electron chi connectivity index (χ3n) is 7.65. The van der Waals surface area contributed by atoms with Crippen LogP contribution in [0.3, 0.4) is 0 Å². The highest BCUT2D eigenvalue weighted by atomic mass is 16.7. The number of likely N-dealkylation sites (tertiary alicyclic amines) is 2. The van der Waals surface area contributed by atoms with Crippen molar-refractivity contribution < 1.29 is 33.8 Å². The highest BCUT2D eigenvalue weighted by molar-refractivity contribution is 5.79. The summed E-state index contributed by atoms with van der Waals surface area (Å²) in [5.41, 5.74) is 0.744. The summed E-state index contributed by atoms with van der Waals surface area (Å²) in [7, 11) is 0. The quantitative estimate of drug-likeness (QED) is 0.410. The molecule has 3 aliphatic rings. The van der Waals surface area contributed by atoms with Gasteiger partial charge < -0.3 is 19.5 Å². The number of nitrogens with zero attached hydrogens (tertiary/aromatic N) is 3. The number of hydrogen-bond acceptors (Lipinski definition) is 7.